The summed E-state index contributed by atoms with van der Waals surface area (Å²) in [6, 6.07) is 14.7. The molecule has 0 unspecified atom stereocenters. The highest BCUT2D eigenvalue weighted by molar-refractivity contribution is 6.31. The third-order valence-electron chi connectivity index (χ3n) is 4.30. The molecule has 0 spiro atoms. The van der Waals surface area contributed by atoms with Gasteiger partial charge in [-0.2, -0.15) is 0 Å². The maximum absolute atomic E-state index is 13.6. The van der Waals surface area contributed by atoms with Crippen LogP contribution in [0.25, 0.3) is 27.8 Å². The fourth-order valence-corrected chi connectivity index (χ4v) is 3.37. The lowest BCUT2D eigenvalue weighted by molar-refractivity contribution is 0.480. The Balaban J connectivity index is 2.07. The molecule has 2 heterocycles. The first kappa shape index (κ1) is 16.4. The number of hydrogen-bond acceptors (Lipinski definition) is 2. The van der Waals surface area contributed by atoms with E-state index in [1.807, 2.05) is 31.2 Å². The second-order valence-corrected chi connectivity index (χ2v) is 6.48. The standard InChI is InChI=1S/C20H14ClFN2O2/c1-11-5-7-14(8-6-11)24-16(21)10-15-18(24)19(25)17(20(26)23-15)12-3-2-4-13(22)9-12/h2-10H,1H3,(H2,23,25,26). The van der Waals surface area contributed by atoms with Crippen LogP contribution in [0.1, 0.15) is 5.56 Å². The summed E-state index contributed by atoms with van der Waals surface area (Å²) in [7, 11) is 0. The molecular weight excluding hydrogens is 355 g/mol. The third-order valence-corrected chi connectivity index (χ3v) is 4.58. The fourth-order valence-electron chi connectivity index (χ4n) is 3.08. The van der Waals surface area contributed by atoms with Crippen LogP contribution in [0.3, 0.4) is 0 Å². The van der Waals surface area contributed by atoms with E-state index in [0.29, 0.717) is 21.7 Å². The largest absolute Gasteiger partial charge is 0.505 e. The van der Waals surface area contributed by atoms with E-state index in [1.54, 1.807) is 16.7 Å². The molecule has 0 bridgehead atoms. The van der Waals surface area contributed by atoms with Crippen molar-refractivity contribution >= 4 is 22.6 Å². The molecule has 0 saturated carbocycles. The van der Waals surface area contributed by atoms with E-state index in [0.717, 1.165) is 11.3 Å². The topological polar surface area (TPSA) is 58.0 Å². The van der Waals surface area contributed by atoms with Gasteiger partial charge in [0.25, 0.3) is 5.56 Å². The first-order valence-electron chi connectivity index (χ1n) is 7.95. The van der Waals surface area contributed by atoms with Crippen LogP contribution in [0.15, 0.2) is 59.4 Å². The van der Waals surface area contributed by atoms with E-state index in [4.69, 9.17) is 11.6 Å². The zero-order chi connectivity index (χ0) is 18.4. The molecule has 4 nitrogen and oxygen atoms in total. The lowest BCUT2D eigenvalue weighted by Gasteiger charge is -2.11. The summed E-state index contributed by atoms with van der Waals surface area (Å²) in [5, 5.41) is 11.2. The van der Waals surface area contributed by atoms with Gasteiger partial charge >= 0.3 is 0 Å². The Hall–Kier alpha value is -3.05. The van der Waals surface area contributed by atoms with Crippen molar-refractivity contribution in [3.8, 4) is 22.6 Å². The van der Waals surface area contributed by atoms with Gasteiger partial charge in [0.15, 0.2) is 5.75 Å². The lowest BCUT2D eigenvalue weighted by Crippen LogP contribution is -2.10. The zero-order valence-electron chi connectivity index (χ0n) is 13.8. The number of aromatic amines is 1. The number of aromatic nitrogens is 2. The normalized spacial score (nSPS) is 11.2. The molecule has 0 aliphatic rings. The molecule has 2 N–H and O–H groups in total. The smallest absolute Gasteiger partial charge is 0.260 e. The molecule has 2 aromatic heterocycles. The SMILES string of the molecule is Cc1ccc(-n2c(Cl)cc3[nH]c(=O)c(-c4cccc(F)c4)c(O)c32)cc1. The summed E-state index contributed by atoms with van der Waals surface area (Å²) in [4.78, 5) is 15.2. The number of H-pyrrole nitrogens is 1. The molecule has 0 aliphatic heterocycles. The van der Waals surface area contributed by atoms with E-state index < -0.39 is 11.4 Å². The average Bonchev–Trinajstić information content (AvgIpc) is 2.92. The van der Waals surface area contributed by atoms with Gasteiger partial charge < -0.3 is 10.1 Å². The average molecular weight is 369 g/mol. The number of benzene rings is 2. The number of nitrogens with one attached hydrogen (secondary N) is 1. The number of hydrogen-bond donors (Lipinski definition) is 2. The highest BCUT2D eigenvalue weighted by atomic mass is 35.5. The van der Waals surface area contributed by atoms with Gasteiger partial charge in [0.05, 0.1) is 11.1 Å². The molecule has 4 aromatic rings. The minimum Gasteiger partial charge on any atom is -0.505 e. The van der Waals surface area contributed by atoms with E-state index in [-0.39, 0.29) is 11.3 Å². The molecule has 0 radical (unpaired) electrons. The molecule has 4 rings (SSSR count). The Labute approximate surface area is 153 Å². The second kappa shape index (κ2) is 6.04. The summed E-state index contributed by atoms with van der Waals surface area (Å²) >= 11 is 6.36. The highest BCUT2D eigenvalue weighted by Crippen LogP contribution is 2.37. The minimum absolute atomic E-state index is 0.000119. The van der Waals surface area contributed by atoms with Gasteiger partial charge in [0, 0.05) is 5.69 Å². The molecular formula is C20H14ClFN2O2. The Bertz CT molecular complexity index is 1190. The Kier molecular flexibility index (Phi) is 3.81. The summed E-state index contributed by atoms with van der Waals surface area (Å²) in [6.45, 7) is 1.97. The quantitative estimate of drug-likeness (QED) is 0.534. The fraction of sp³-hybridized carbons (Fsp3) is 0.0500. The number of halogens is 2. The van der Waals surface area contributed by atoms with Crippen LogP contribution in [0, 0.1) is 12.7 Å². The lowest BCUT2D eigenvalue weighted by atomic mass is 10.1. The van der Waals surface area contributed by atoms with Gasteiger partial charge in [0.1, 0.15) is 16.5 Å². The van der Waals surface area contributed by atoms with Crippen LogP contribution in [-0.4, -0.2) is 14.7 Å². The Morgan fingerprint density at radius 3 is 2.54 bits per heavy atom. The third kappa shape index (κ3) is 2.57. The van der Waals surface area contributed by atoms with Gasteiger partial charge in [-0.1, -0.05) is 41.4 Å². The van der Waals surface area contributed by atoms with Crippen molar-refractivity contribution < 1.29 is 9.50 Å². The molecule has 0 atom stereocenters. The van der Waals surface area contributed by atoms with Gasteiger partial charge in [-0.25, -0.2) is 4.39 Å². The Morgan fingerprint density at radius 1 is 1.12 bits per heavy atom. The van der Waals surface area contributed by atoms with E-state index in [2.05, 4.69) is 4.98 Å². The minimum atomic E-state index is -0.515. The zero-order valence-corrected chi connectivity index (χ0v) is 14.5. The summed E-state index contributed by atoms with van der Waals surface area (Å²) in [5.41, 5.74) is 2.36. The van der Waals surface area contributed by atoms with Crippen molar-refractivity contribution in [3.63, 3.8) is 0 Å². The van der Waals surface area contributed by atoms with E-state index in [9.17, 15) is 14.3 Å². The molecule has 0 aliphatic carbocycles. The summed E-state index contributed by atoms with van der Waals surface area (Å²) in [5.74, 6) is -0.741. The monoisotopic (exact) mass is 368 g/mol. The van der Waals surface area contributed by atoms with Gasteiger partial charge in [-0.3, -0.25) is 9.36 Å². The van der Waals surface area contributed by atoms with Crippen LogP contribution in [-0.2, 0) is 0 Å². The van der Waals surface area contributed by atoms with Crippen LogP contribution < -0.4 is 5.56 Å². The molecule has 0 amide bonds. The molecule has 0 fully saturated rings. The number of aromatic hydroxyl groups is 1. The van der Waals surface area contributed by atoms with Crippen molar-refractivity contribution in [1.29, 1.82) is 0 Å². The summed E-state index contributed by atoms with van der Waals surface area (Å²) in [6.07, 6.45) is 0. The predicted molar refractivity (Wildman–Crippen MR) is 101 cm³/mol. The van der Waals surface area contributed by atoms with Crippen molar-refractivity contribution in [3.05, 3.63) is 81.5 Å². The second-order valence-electron chi connectivity index (χ2n) is 6.09. The number of fused-ring (bicyclic) bond motifs is 1. The van der Waals surface area contributed by atoms with E-state index in [1.165, 1.54) is 18.2 Å². The maximum atomic E-state index is 13.6. The molecule has 130 valence electrons. The Morgan fingerprint density at radius 2 is 1.85 bits per heavy atom. The van der Waals surface area contributed by atoms with Crippen molar-refractivity contribution in [1.82, 2.24) is 9.55 Å². The first-order valence-corrected chi connectivity index (χ1v) is 8.32. The number of aryl methyl sites for hydroxylation is 1. The van der Waals surface area contributed by atoms with Crippen LogP contribution in [0.4, 0.5) is 4.39 Å². The van der Waals surface area contributed by atoms with Crippen LogP contribution in [0.2, 0.25) is 5.15 Å². The molecule has 6 heteroatoms. The first-order chi connectivity index (χ1) is 12.5. The maximum Gasteiger partial charge on any atom is 0.260 e. The van der Waals surface area contributed by atoms with Gasteiger partial charge in [-0.05, 0) is 42.8 Å². The van der Waals surface area contributed by atoms with Crippen LogP contribution >= 0.6 is 11.6 Å². The number of nitrogens with zero attached hydrogens (tertiary/aromatic N) is 1. The predicted octanol–water partition coefficient (Wildman–Crippen LogP) is 4.79. The molecule has 2 aromatic carbocycles. The highest BCUT2D eigenvalue weighted by Gasteiger charge is 2.20. The molecule has 26 heavy (non-hydrogen) atoms. The van der Waals surface area contributed by atoms with Crippen molar-refractivity contribution in [2.24, 2.45) is 0 Å². The van der Waals surface area contributed by atoms with Gasteiger partial charge in [-0.15, -0.1) is 0 Å². The molecule has 0 saturated heterocycles. The summed E-state index contributed by atoms with van der Waals surface area (Å²) < 4.78 is 15.2. The number of pyridine rings is 1. The van der Waals surface area contributed by atoms with Crippen LogP contribution in [0.5, 0.6) is 5.75 Å². The van der Waals surface area contributed by atoms with Gasteiger partial charge in [0.2, 0.25) is 0 Å². The number of rotatable bonds is 2. The van der Waals surface area contributed by atoms with Crippen molar-refractivity contribution in [2.75, 3.05) is 0 Å². The van der Waals surface area contributed by atoms with Crippen molar-refractivity contribution in [2.45, 2.75) is 6.92 Å². The van der Waals surface area contributed by atoms with E-state index >= 15 is 0 Å².